The van der Waals surface area contributed by atoms with Crippen LogP contribution >= 0.6 is 23.1 Å². The number of imide groups is 1. The van der Waals surface area contributed by atoms with E-state index in [2.05, 4.69) is 24.1 Å². The molecule has 3 heterocycles. The Morgan fingerprint density at radius 3 is 2.28 bits per heavy atom. The number of rotatable bonds is 8. The number of nitrogens with one attached hydrogen (secondary N) is 1. The topological polar surface area (TPSA) is 91.7 Å². The Hall–Kier alpha value is -4.74. The third kappa shape index (κ3) is 5.53. The lowest BCUT2D eigenvalue weighted by Crippen LogP contribution is -2.33. The molecule has 1 saturated heterocycles. The number of thioether (sulfide) groups is 1. The van der Waals surface area contributed by atoms with Crippen molar-refractivity contribution in [1.29, 1.82) is 0 Å². The first-order valence-electron chi connectivity index (χ1n) is 15.4. The molecule has 2 aliphatic heterocycles. The zero-order valence-corrected chi connectivity index (χ0v) is 27.3. The van der Waals surface area contributed by atoms with Crippen molar-refractivity contribution in [3.63, 3.8) is 0 Å². The van der Waals surface area contributed by atoms with Crippen LogP contribution in [0.5, 0.6) is 0 Å². The molecule has 3 atom stereocenters. The van der Waals surface area contributed by atoms with E-state index in [1.807, 2.05) is 66.7 Å². The average Bonchev–Trinajstić information content (AvgIpc) is 3.52. The molecule has 47 heavy (non-hydrogen) atoms. The second-order valence-electron chi connectivity index (χ2n) is 11.5. The number of anilines is 3. The molecule has 1 aromatic heterocycles. The lowest BCUT2D eigenvalue weighted by Gasteiger charge is -2.31. The number of hydrogen-bond donors (Lipinski definition) is 1. The van der Waals surface area contributed by atoms with Crippen molar-refractivity contribution in [3.8, 4) is 0 Å². The van der Waals surface area contributed by atoms with Crippen LogP contribution in [-0.2, 0) is 20.9 Å². The van der Waals surface area contributed by atoms with Crippen LogP contribution in [0.2, 0.25) is 0 Å². The van der Waals surface area contributed by atoms with Gasteiger partial charge in [0.1, 0.15) is 17.6 Å². The molecule has 1 N–H and O–H groups in total. The van der Waals surface area contributed by atoms with Crippen molar-refractivity contribution in [1.82, 2.24) is 4.57 Å². The van der Waals surface area contributed by atoms with Crippen molar-refractivity contribution in [3.05, 3.63) is 117 Å². The van der Waals surface area contributed by atoms with E-state index in [4.69, 9.17) is 0 Å². The van der Waals surface area contributed by atoms with E-state index in [1.54, 1.807) is 0 Å². The van der Waals surface area contributed by atoms with Gasteiger partial charge in [0, 0.05) is 35.3 Å². The van der Waals surface area contributed by atoms with Gasteiger partial charge in [0.05, 0.1) is 16.6 Å². The summed E-state index contributed by atoms with van der Waals surface area (Å²) in [5.41, 5.74) is 2.73. The molecule has 238 valence electrons. The molecule has 0 spiro atoms. The number of carbonyl (C=O) groups is 3. The monoisotopic (exact) mass is 666 g/mol. The van der Waals surface area contributed by atoms with Gasteiger partial charge in [0.15, 0.2) is 0 Å². The maximum absolute atomic E-state index is 14.1. The van der Waals surface area contributed by atoms with E-state index in [0.717, 1.165) is 63.1 Å². The molecule has 5 aromatic rings. The average molecular weight is 667 g/mol. The number of fused-ring (bicyclic) bond motifs is 3. The van der Waals surface area contributed by atoms with E-state index in [1.165, 1.54) is 28.8 Å². The third-order valence-electron chi connectivity index (χ3n) is 8.85. The molecule has 0 aliphatic carbocycles. The van der Waals surface area contributed by atoms with Gasteiger partial charge in [0.2, 0.25) is 17.7 Å². The molecule has 0 radical (unpaired) electrons. The highest BCUT2D eigenvalue weighted by Gasteiger charge is 2.56. The van der Waals surface area contributed by atoms with E-state index >= 15 is 0 Å². The third-order valence-corrected chi connectivity index (χ3v) is 11.5. The van der Waals surface area contributed by atoms with Crippen LogP contribution in [0.4, 0.5) is 21.5 Å². The molecule has 8 nitrogen and oxygen atoms in total. The summed E-state index contributed by atoms with van der Waals surface area (Å²) in [5.74, 6) is -3.07. The summed E-state index contributed by atoms with van der Waals surface area (Å²) in [6, 6.07) is 26.6. The first-order valence-corrected chi connectivity index (χ1v) is 17.1. The largest absolute Gasteiger partial charge is 0.372 e. The molecule has 0 bridgehead atoms. The first-order chi connectivity index (χ1) is 22.8. The lowest BCUT2D eigenvalue weighted by atomic mass is 9.83. The Morgan fingerprint density at radius 1 is 0.872 bits per heavy atom. The molecule has 4 aromatic carbocycles. The van der Waals surface area contributed by atoms with Crippen LogP contribution in [0.1, 0.15) is 30.2 Å². The molecule has 0 saturated carbocycles. The summed E-state index contributed by atoms with van der Waals surface area (Å²) in [6.45, 7) is 5.57. The van der Waals surface area contributed by atoms with E-state index in [9.17, 15) is 23.6 Å². The van der Waals surface area contributed by atoms with Crippen molar-refractivity contribution >= 4 is 68.7 Å². The summed E-state index contributed by atoms with van der Waals surface area (Å²) in [6.07, 6.45) is 0. The second kappa shape index (κ2) is 12.5. The fourth-order valence-electron chi connectivity index (χ4n) is 6.55. The van der Waals surface area contributed by atoms with Gasteiger partial charge in [0.25, 0.3) is 0 Å². The minimum absolute atomic E-state index is 0.251. The molecular weight excluding hydrogens is 636 g/mol. The molecule has 3 unspecified atom stereocenters. The molecule has 11 heteroatoms. The van der Waals surface area contributed by atoms with Crippen LogP contribution in [0.25, 0.3) is 10.8 Å². The van der Waals surface area contributed by atoms with Crippen molar-refractivity contribution in [2.75, 3.05) is 28.2 Å². The Balaban J connectivity index is 1.26. The number of aromatic nitrogens is 1. The van der Waals surface area contributed by atoms with Gasteiger partial charge in [-0.05, 0) is 78.7 Å². The Morgan fingerprint density at radius 2 is 1.57 bits per heavy atom. The number of carbonyl (C=O) groups excluding carboxylic acids is 3. The first kappa shape index (κ1) is 30.9. The SMILES string of the molecule is CCN(CC)c1ccc(C2c3sc(=O)n(CC(=O)Nc4ccc5ccccc5c4)c3SC3C(=O)N(c4ccc(F)cc4)C(=O)C32)cc1. The molecule has 3 amide bonds. The Labute approximate surface area is 278 Å². The maximum Gasteiger partial charge on any atom is 0.308 e. The maximum atomic E-state index is 14.1. The minimum atomic E-state index is -0.837. The van der Waals surface area contributed by atoms with Crippen molar-refractivity contribution in [2.24, 2.45) is 5.92 Å². The molecule has 7 rings (SSSR count). The van der Waals surface area contributed by atoms with Gasteiger partial charge in [-0.3, -0.25) is 23.7 Å². The predicted octanol–water partition coefficient (Wildman–Crippen LogP) is 6.48. The van der Waals surface area contributed by atoms with Gasteiger partial charge in [-0.1, -0.05) is 65.6 Å². The number of benzene rings is 4. The normalized spacial score (nSPS) is 18.7. The van der Waals surface area contributed by atoms with Crippen LogP contribution in [-0.4, -0.2) is 40.6 Å². The lowest BCUT2D eigenvalue weighted by molar-refractivity contribution is -0.122. The minimum Gasteiger partial charge on any atom is -0.372 e. The van der Waals surface area contributed by atoms with Gasteiger partial charge >= 0.3 is 4.87 Å². The van der Waals surface area contributed by atoms with Crippen LogP contribution in [0, 0.1) is 11.7 Å². The summed E-state index contributed by atoms with van der Waals surface area (Å²) in [5, 5.41) is 4.59. The van der Waals surface area contributed by atoms with Gasteiger partial charge in [-0.2, -0.15) is 0 Å². The van der Waals surface area contributed by atoms with Crippen LogP contribution < -0.4 is 20.0 Å². The Bertz CT molecular complexity index is 2070. The van der Waals surface area contributed by atoms with Crippen molar-refractivity contribution in [2.45, 2.75) is 36.6 Å². The molecule has 2 aliphatic rings. The van der Waals surface area contributed by atoms with Crippen molar-refractivity contribution < 1.29 is 18.8 Å². The molecule has 1 fully saturated rings. The second-order valence-corrected chi connectivity index (χ2v) is 13.7. The van der Waals surface area contributed by atoms with Gasteiger partial charge in [-0.15, -0.1) is 0 Å². The van der Waals surface area contributed by atoms with Crippen LogP contribution in [0.3, 0.4) is 0 Å². The zero-order chi connectivity index (χ0) is 32.8. The Kier molecular flexibility index (Phi) is 8.19. The smallest absolute Gasteiger partial charge is 0.308 e. The van der Waals surface area contributed by atoms with Crippen LogP contribution in [0.15, 0.2) is 101 Å². The molecular formula is C36H31FN4O4S2. The summed E-state index contributed by atoms with van der Waals surface area (Å²) in [7, 11) is 0. The number of halogens is 1. The highest BCUT2D eigenvalue weighted by Crippen LogP contribution is 2.54. The number of amides is 3. The fraction of sp³-hybridized carbons (Fsp3) is 0.222. The van der Waals surface area contributed by atoms with Gasteiger partial charge in [-0.25, -0.2) is 9.29 Å². The van der Waals surface area contributed by atoms with Gasteiger partial charge < -0.3 is 10.2 Å². The van der Waals surface area contributed by atoms with E-state index in [-0.39, 0.29) is 17.3 Å². The van der Waals surface area contributed by atoms with E-state index in [0.29, 0.717) is 21.3 Å². The highest BCUT2D eigenvalue weighted by atomic mass is 32.2. The standard InChI is InChI=1S/C36H31FN4O4S2/c1-3-39(4-2)26-15-10-22(11-16-26)29-30-31(34(44)41(33(30)43)27-17-12-24(37)13-18-27)46-35-32(29)47-36(45)40(35)20-28(42)38-25-14-9-21-7-5-6-8-23(21)19-25/h5-19,29-31H,3-4,20H2,1-2H3,(H,38,42). The van der Waals surface area contributed by atoms with E-state index < -0.39 is 34.7 Å². The highest BCUT2D eigenvalue weighted by molar-refractivity contribution is 8.00. The number of thiazole rings is 1. The fourth-order valence-corrected chi connectivity index (χ4v) is 9.32. The summed E-state index contributed by atoms with van der Waals surface area (Å²) >= 11 is 2.16. The predicted molar refractivity (Wildman–Crippen MR) is 185 cm³/mol. The summed E-state index contributed by atoms with van der Waals surface area (Å²) in [4.78, 5) is 58.6. The zero-order valence-electron chi connectivity index (χ0n) is 25.7. The quantitative estimate of drug-likeness (QED) is 0.191. The number of nitrogens with zero attached hydrogens (tertiary/aromatic N) is 3. The summed E-state index contributed by atoms with van der Waals surface area (Å²) < 4.78 is 15.2. The number of hydrogen-bond acceptors (Lipinski definition) is 7.